The molecular weight excluding hydrogens is 254 g/mol. The lowest BCUT2D eigenvalue weighted by atomic mass is 10.1. The van der Waals surface area contributed by atoms with Gasteiger partial charge in [0.15, 0.2) is 0 Å². The molecule has 5 nitrogen and oxygen atoms in total. The first-order valence-corrected chi connectivity index (χ1v) is 6.20. The number of carboxylic acids is 1. The van der Waals surface area contributed by atoms with Crippen LogP contribution in [0.25, 0.3) is 16.6 Å². The largest absolute Gasteiger partial charge is 0.481 e. The van der Waals surface area contributed by atoms with Gasteiger partial charge in [-0.1, -0.05) is 30.3 Å². The number of aromatic nitrogens is 2. The van der Waals surface area contributed by atoms with Gasteiger partial charge >= 0.3 is 5.97 Å². The van der Waals surface area contributed by atoms with Gasteiger partial charge in [0.25, 0.3) is 0 Å². The maximum absolute atomic E-state index is 11.0. The van der Waals surface area contributed by atoms with Crippen LogP contribution < -0.4 is 5.73 Å². The lowest BCUT2D eigenvalue weighted by Gasteiger charge is -2.06. The van der Waals surface area contributed by atoms with Crippen LogP contribution in [-0.2, 0) is 11.2 Å². The number of nitrogen functional groups attached to an aromatic ring is 1. The summed E-state index contributed by atoms with van der Waals surface area (Å²) >= 11 is 0. The Kier molecular flexibility index (Phi) is 2.87. The van der Waals surface area contributed by atoms with Crippen LogP contribution in [0.5, 0.6) is 0 Å². The van der Waals surface area contributed by atoms with Crippen molar-refractivity contribution in [3.05, 3.63) is 54.2 Å². The Morgan fingerprint density at radius 2 is 1.85 bits per heavy atom. The zero-order valence-electron chi connectivity index (χ0n) is 10.7. The Hall–Kier alpha value is -2.82. The summed E-state index contributed by atoms with van der Waals surface area (Å²) in [6.45, 7) is 0. The standard InChI is InChI=1S/C15H13N3O2/c16-11-6-2-4-8-14(11)18-13-7-3-1-5-10(13)12(17-18)9-15(19)20/h1-8H,9,16H2,(H,19,20). The van der Waals surface area contributed by atoms with E-state index in [0.717, 1.165) is 16.6 Å². The summed E-state index contributed by atoms with van der Waals surface area (Å²) in [4.78, 5) is 11.0. The van der Waals surface area contributed by atoms with Crippen molar-refractivity contribution in [2.45, 2.75) is 6.42 Å². The number of nitrogens with two attached hydrogens (primary N) is 1. The van der Waals surface area contributed by atoms with Gasteiger partial charge in [0, 0.05) is 5.39 Å². The van der Waals surface area contributed by atoms with Crippen LogP contribution in [0.4, 0.5) is 5.69 Å². The fourth-order valence-corrected chi connectivity index (χ4v) is 2.27. The van der Waals surface area contributed by atoms with E-state index >= 15 is 0 Å². The van der Waals surface area contributed by atoms with Gasteiger partial charge in [-0.25, -0.2) is 4.68 Å². The van der Waals surface area contributed by atoms with Crippen molar-refractivity contribution < 1.29 is 9.90 Å². The summed E-state index contributed by atoms with van der Waals surface area (Å²) in [5.41, 5.74) is 8.71. The molecule has 2 aromatic carbocycles. The molecule has 0 radical (unpaired) electrons. The molecule has 0 bridgehead atoms. The number of rotatable bonds is 3. The maximum atomic E-state index is 11.0. The van der Waals surface area contributed by atoms with Crippen molar-refractivity contribution in [1.29, 1.82) is 0 Å². The Morgan fingerprint density at radius 1 is 1.15 bits per heavy atom. The number of carbonyl (C=O) groups is 1. The fraction of sp³-hybridized carbons (Fsp3) is 0.0667. The van der Waals surface area contributed by atoms with Gasteiger partial charge in [-0.2, -0.15) is 5.10 Å². The van der Waals surface area contributed by atoms with Gasteiger partial charge < -0.3 is 10.8 Å². The number of aliphatic carboxylic acids is 1. The molecule has 1 heterocycles. The van der Waals surface area contributed by atoms with Gasteiger partial charge in [-0.05, 0) is 18.2 Å². The molecule has 20 heavy (non-hydrogen) atoms. The summed E-state index contributed by atoms with van der Waals surface area (Å²) in [6, 6.07) is 14.9. The molecule has 0 fully saturated rings. The molecule has 0 aliphatic heterocycles. The van der Waals surface area contributed by atoms with E-state index in [2.05, 4.69) is 5.10 Å². The van der Waals surface area contributed by atoms with Crippen LogP contribution >= 0.6 is 0 Å². The second-order valence-corrected chi connectivity index (χ2v) is 4.50. The second kappa shape index (κ2) is 4.70. The van der Waals surface area contributed by atoms with E-state index in [1.807, 2.05) is 42.5 Å². The molecule has 3 N–H and O–H groups in total. The number of nitrogens with zero attached hydrogens (tertiary/aromatic N) is 2. The van der Waals surface area contributed by atoms with E-state index in [1.165, 1.54) is 0 Å². The quantitative estimate of drug-likeness (QED) is 0.713. The number of hydrogen-bond acceptors (Lipinski definition) is 3. The molecule has 0 saturated heterocycles. The van der Waals surface area contributed by atoms with Crippen molar-refractivity contribution in [2.24, 2.45) is 0 Å². The zero-order chi connectivity index (χ0) is 14.1. The lowest BCUT2D eigenvalue weighted by Crippen LogP contribution is -2.04. The van der Waals surface area contributed by atoms with Crippen molar-refractivity contribution >= 4 is 22.6 Å². The maximum Gasteiger partial charge on any atom is 0.309 e. The third kappa shape index (κ3) is 1.99. The molecule has 0 spiro atoms. The Labute approximate surface area is 115 Å². The van der Waals surface area contributed by atoms with Crippen molar-refractivity contribution in [1.82, 2.24) is 9.78 Å². The first kappa shape index (κ1) is 12.2. The Balaban J connectivity index is 2.26. The molecule has 0 saturated carbocycles. The van der Waals surface area contributed by atoms with Gasteiger partial charge in [0.05, 0.1) is 29.0 Å². The van der Waals surface area contributed by atoms with Crippen LogP contribution in [0.1, 0.15) is 5.69 Å². The summed E-state index contributed by atoms with van der Waals surface area (Å²) in [5.74, 6) is -0.901. The predicted octanol–water partition coefficient (Wildman–Crippen LogP) is 2.23. The van der Waals surface area contributed by atoms with Gasteiger partial charge in [0.2, 0.25) is 0 Å². The van der Waals surface area contributed by atoms with Crippen LogP contribution in [0.3, 0.4) is 0 Å². The van der Waals surface area contributed by atoms with Crippen LogP contribution in [0.15, 0.2) is 48.5 Å². The van der Waals surface area contributed by atoms with Crippen molar-refractivity contribution in [3.8, 4) is 5.69 Å². The minimum atomic E-state index is -0.901. The molecule has 100 valence electrons. The molecule has 1 aromatic heterocycles. The monoisotopic (exact) mass is 267 g/mol. The Morgan fingerprint density at radius 3 is 2.60 bits per heavy atom. The number of carboxylic acid groups (broad SMARTS) is 1. The number of anilines is 1. The lowest BCUT2D eigenvalue weighted by molar-refractivity contribution is -0.136. The number of para-hydroxylation sites is 3. The summed E-state index contributed by atoms with van der Waals surface area (Å²) < 4.78 is 1.70. The van der Waals surface area contributed by atoms with E-state index in [9.17, 15) is 4.79 Å². The number of hydrogen-bond donors (Lipinski definition) is 2. The highest BCUT2D eigenvalue weighted by molar-refractivity contribution is 5.87. The highest BCUT2D eigenvalue weighted by atomic mass is 16.4. The molecule has 3 aromatic rings. The zero-order valence-corrected chi connectivity index (χ0v) is 10.7. The molecule has 3 rings (SSSR count). The Bertz CT molecular complexity index is 793. The average molecular weight is 267 g/mol. The molecule has 5 heteroatoms. The third-order valence-corrected chi connectivity index (χ3v) is 3.15. The van der Waals surface area contributed by atoms with Crippen LogP contribution in [-0.4, -0.2) is 20.9 Å². The number of fused-ring (bicyclic) bond motifs is 1. The van der Waals surface area contributed by atoms with Gasteiger partial charge in [-0.3, -0.25) is 4.79 Å². The summed E-state index contributed by atoms with van der Waals surface area (Å²) in [7, 11) is 0. The smallest absolute Gasteiger partial charge is 0.309 e. The van der Waals surface area contributed by atoms with Crippen LogP contribution in [0, 0.1) is 0 Å². The normalized spacial score (nSPS) is 10.8. The summed E-state index contributed by atoms with van der Waals surface area (Å²) in [5, 5.41) is 14.2. The molecule has 0 aliphatic carbocycles. The van der Waals surface area contributed by atoms with Crippen molar-refractivity contribution in [2.75, 3.05) is 5.73 Å². The SMILES string of the molecule is Nc1ccccc1-n1nc(CC(=O)O)c2ccccc21. The molecule has 0 amide bonds. The third-order valence-electron chi connectivity index (χ3n) is 3.15. The minimum absolute atomic E-state index is 0.111. The van der Waals surface area contributed by atoms with E-state index in [4.69, 9.17) is 10.8 Å². The topological polar surface area (TPSA) is 81.1 Å². The predicted molar refractivity (Wildman–Crippen MR) is 76.8 cm³/mol. The summed E-state index contributed by atoms with van der Waals surface area (Å²) in [6.07, 6.45) is -0.111. The van der Waals surface area contributed by atoms with Crippen LogP contribution in [0.2, 0.25) is 0 Å². The molecular formula is C15H13N3O2. The molecule has 0 aliphatic rings. The van der Waals surface area contributed by atoms with E-state index in [0.29, 0.717) is 11.4 Å². The van der Waals surface area contributed by atoms with E-state index < -0.39 is 5.97 Å². The van der Waals surface area contributed by atoms with Crippen molar-refractivity contribution in [3.63, 3.8) is 0 Å². The van der Waals surface area contributed by atoms with E-state index in [-0.39, 0.29) is 6.42 Å². The van der Waals surface area contributed by atoms with Gasteiger partial charge in [0.1, 0.15) is 0 Å². The number of benzene rings is 2. The first-order chi connectivity index (χ1) is 9.66. The second-order valence-electron chi connectivity index (χ2n) is 4.50. The fourth-order valence-electron chi connectivity index (χ4n) is 2.27. The minimum Gasteiger partial charge on any atom is -0.481 e. The highest BCUT2D eigenvalue weighted by Crippen LogP contribution is 2.25. The first-order valence-electron chi connectivity index (χ1n) is 6.20. The molecule has 0 atom stereocenters. The van der Waals surface area contributed by atoms with E-state index in [1.54, 1.807) is 10.7 Å². The highest BCUT2D eigenvalue weighted by Gasteiger charge is 2.14. The molecule has 0 unspecified atom stereocenters. The van der Waals surface area contributed by atoms with Gasteiger partial charge in [-0.15, -0.1) is 0 Å². The average Bonchev–Trinajstić information content (AvgIpc) is 2.78.